The van der Waals surface area contributed by atoms with Gasteiger partial charge < -0.3 is 9.88 Å². The van der Waals surface area contributed by atoms with Gasteiger partial charge in [0.2, 0.25) is 0 Å². The van der Waals surface area contributed by atoms with Crippen molar-refractivity contribution in [3.63, 3.8) is 0 Å². The number of anilines is 1. The molecule has 0 saturated carbocycles. The summed E-state index contributed by atoms with van der Waals surface area (Å²) >= 11 is 0. The smallest absolute Gasteiger partial charge is 0.275 e. The molecule has 3 aromatic rings. The highest BCUT2D eigenvalue weighted by Gasteiger charge is 2.16. The standard InChI is InChI=1S/C19H20N6O/c1-13-11-21-16(12-20-13)19(26)22-15-8-6-14(7-9-15)18-24-23-17-5-3-2-4-10-25(17)18/h6-9,11-12H,2-5,10H2,1H3,(H,22,26). The minimum atomic E-state index is -0.276. The van der Waals surface area contributed by atoms with Crippen LogP contribution in [-0.2, 0) is 13.0 Å². The van der Waals surface area contributed by atoms with Crippen LogP contribution in [0.1, 0.15) is 41.3 Å². The van der Waals surface area contributed by atoms with Crippen LogP contribution in [0.2, 0.25) is 0 Å². The number of aryl methyl sites for hydroxylation is 2. The SMILES string of the molecule is Cc1cnc(C(=O)Nc2ccc(-c3nnc4n3CCCCC4)cc2)cn1. The van der Waals surface area contributed by atoms with Crippen LogP contribution in [0.15, 0.2) is 36.7 Å². The van der Waals surface area contributed by atoms with Gasteiger partial charge in [0.15, 0.2) is 5.82 Å². The molecule has 1 aromatic carbocycles. The second-order valence-corrected chi connectivity index (χ2v) is 6.48. The van der Waals surface area contributed by atoms with E-state index in [-0.39, 0.29) is 5.91 Å². The molecule has 0 bridgehead atoms. The van der Waals surface area contributed by atoms with Gasteiger partial charge in [0.05, 0.1) is 11.9 Å². The van der Waals surface area contributed by atoms with E-state index in [4.69, 9.17) is 0 Å². The van der Waals surface area contributed by atoms with Crippen LogP contribution in [0.3, 0.4) is 0 Å². The van der Waals surface area contributed by atoms with E-state index in [1.165, 1.54) is 19.0 Å². The Hall–Kier alpha value is -3.09. The number of nitrogens with zero attached hydrogens (tertiary/aromatic N) is 5. The summed E-state index contributed by atoms with van der Waals surface area (Å²) in [6.45, 7) is 2.79. The van der Waals surface area contributed by atoms with Crippen molar-refractivity contribution < 1.29 is 4.79 Å². The molecule has 7 nitrogen and oxygen atoms in total. The van der Waals surface area contributed by atoms with Crippen LogP contribution in [0.25, 0.3) is 11.4 Å². The quantitative estimate of drug-likeness (QED) is 0.786. The molecule has 1 amide bonds. The van der Waals surface area contributed by atoms with Gasteiger partial charge in [0.25, 0.3) is 5.91 Å². The molecule has 0 unspecified atom stereocenters. The van der Waals surface area contributed by atoms with Crippen molar-refractivity contribution in [2.24, 2.45) is 0 Å². The minimum Gasteiger partial charge on any atom is -0.321 e. The van der Waals surface area contributed by atoms with Gasteiger partial charge in [-0.25, -0.2) is 4.98 Å². The van der Waals surface area contributed by atoms with E-state index in [2.05, 4.69) is 30.0 Å². The number of benzene rings is 1. The number of aromatic nitrogens is 5. The summed E-state index contributed by atoms with van der Waals surface area (Å²) < 4.78 is 2.21. The van der Waals surface area contributed by atoms with E-state index < -0.39 is 0 Å². The molecule has 0 radical (unpaired) electrons. The third-order valence-corrected chi connectivity index (χ3v) is 4.52. The lowest BCUT2D eigenvalue weighted by molar-refractivity contribution is 0.102. The normalized spacial score (nSPS) is 13.7. The molecule has 1 N–H and O–H groups in total. The molecule has 0 spiro atoms. The monoisotopic (exact) mass is 348 g/mol. The van der Waals surface area contributed by atoms with Gasteiger partial charge in [0.1, 0.15) is 11.5 Å². The molecule has 26 heavy (non-hydrogen) atoms. The summed E-state index contributed by atoms with van der Waals surface area (Å²) in [5.41, 5.74) is 2.77. The van der Waals surface area contributed by atoms with E-state index in [0.717, 1.165) is 42.3 Å². The summed E-state index contributed by atoms with van der Waals surface area (Å²) in [4.78, 5) is 20.4. The van der Waals surface area contributed by atoms with Crippen molar-refractivity contribution in [2.45, 2.75) is 39.2 Å². The predicted molar refractivity (Wildman–Crippen MR) is 97.7 cm³/mol. The Kier molecular flexibility index (Phi) is 4.43. The Morgan fingerprint density at radius 1 is 1.04 bits per heavy atom. The summed E-state index contributed by atoms with van der Waals surface area (Å²) in [7, 11) is 0. The average Bonchev–Trinajstić information content (AvgIpc) is 2.91. The molecule has 0 atom stereocenters. The van der Waals surface area contributed by atoms with Crippen molar-refractivity contribution in [2.75, 3.05) is 5.32 Å². The third kappa shape index (κ3) is 3.33. The fourth-order valence-electron chi connectivity index (χ4n) is 3.11. The van der Waals surface area contributed by atoms with Gasteiger partial charge >= 0.3 is 0 Å². The molecule has 0 fully saturated rings. The van der Waals surface area contributed by atoms with Crippen molar-refractivity contribution >= 4 is 11.6 Å². The number of hydrogen-bond donors (Lipinski definition) is 1. The number of hydrogen-bond acceptors (Lipinski definition) is 5. The summed E-state index contributed by atoms with van der Waals surface area (Å²) in [6, 6.07) is 7.65. The molecule has 1 aliphatic rings. The van der Waals surface area contributed by atoms with Crippen molar-refractivity contribution in [3.8, 4) is 11.4 Å². The highest BCUT2D eigenvalue weighted by Crippen LogP contribution is 2.24. The number of nitrogens with one attached hydrogen (secondary N) is 1. The van der Waals surface area contributed by atoms with Gasteiger partial charge in [0, 0.05) is 30.4 Å². The summed E-state index contributed by atoms with van der Waals surface area (Å²) in [5.74, 6) is 1.68. The lowest BCUT2D eigenvalue weighted by atomic mass is 10.2. The predicted octanol–water partition coefficient (Wildman–Crippen LogP) is 3.02. The number of rotatable bonds is 3. The zero-order chi connectivity index (χ0) is 17.9. The van der Waals surface area contributed by atoms with Crippen molar-refractivity contribution in [1.29, 1.82) is 0 Å². The maximum absolute atomic E-state index is 12.2. The molecule has 132 valence electrons. The molecular weight excluding hydrogens is 328 g/mol. The lowest BCUT2D eigenvalue weighted by Gasteiger charge is -2.08. The second-order valence-electron chi connectivity index (χ2n) is 6.48. The lowest BCUT2D eigenvalue weighted by Crippen LogP contribution is -2.14. The average molecular weight is 348 g/mol. The summed E-state index contributed by atoms with van der Waals surface area (Å²) in [5, 5.41) is 11.5. The Balaban J connectivity index is 1.51. The van der Waals surface area contributed by atoms with Gasteiger partial charge in [-0.3, -0.25) is 9.78 Å². The second kappa shape index (κ2) is 7.03. The van der Waals surface area contributed by atoms with Crippen molar-refractivity contribution in [1.82, 2.24) is 24.7 Å². The Morgan fingerprint density at radius 3 is 2.65 bits per heavy atom. The number of fused-ring (bicyclic) bond motifs is 1. The first-order valence-corrected chi connectivity index (χ1v) is 8.83. The third-order valence-electron chi connectivity index (χ3n) is 4.52. The highest BCUT2D eigenvalue weighted by atomic mass is 16.1. The molecule has 4 rings (SSSR count). The highest BCUT2D eigenvalue weighted by molar-refractivity contribution is 6.02. The zero-order valence-corrected chi connectivity index (χ0v) is 14.6. The molecule has 0 saturated heterocycles. The fourth-order valence-corrected chi connectivity index (χ4v) is 3.11. The summed E-state index contributed by atoms with van der Waals surface area (Å²) in [6.07, 6.45) is 7.60. The van der Waals surface area contributed by atoms with E-state index in [1.807, 2.05) is 31.2 Å². The van der Waals surface area contributed by atoms with Crippen LogP contribution in [-0.4, -0.2) is 30.6 Å². The first kappa shape index (κ1) is 16.4. The number of carbonyl (C=O) groups is 1. The number of carbonyl (C=O) groups excluding carboxylic acids is 1. The van der Waals surface area contributed by atoms with Crippen LogP contribution in [0.4, 0.5) is 5.69 Å². The topological polar surface area (TPSA) is 85.6 Å². The fraction of sp³-hybridized carbons (Fsp3) is 0.316. The van der Waals surface area contributed by atoms with Crippen LogP contribution < -0.4 is 5.32 Å². The molecular formula is C19H20N6O. The number of amides is 1. The largest absolute Gasteiger partial charge is 0.321 e. The zero-order valence-electron chi connectivity index (χ0n) is 14.6. The van der Waals surface area contributed by atoms with Crippen LogP contribution in [0, 0.1) is 6.92 Å². The van der Waals surface area contributed by atoms with Gasteiger partial charge in [-0.1, -0.05) is 6.42 Å². The Morgan fingerprint density at radius 2 is 1.88 bits per heavy atom. The minimum absolute atomic E-state index is 0.276. The van der Waals surface area contributed by atoms with Gasteiger partial charge in [-0.15, -0.1) is 10.2 Å². The Bertz CT molecular complexity index is 914. The van der Waals surface area contributed by atoms with Gasteiger partial charge in [-0.05, 0) is 44.0 Å². The maximum atomic E-state index is 12.2. The molecule has 3 heterocycles. The van der Waals surface area contributed by atoms with E-state index in [1.54, 1.807) is 6.20 Å². The Labute approximate surface area is 151 Å². The maximum Gasteiger partial charge on any atom is 0.275 e. The van der Waals surface area contributed by atoms with E-state index >= 15 is 0 Å². The van der Waals surface area contributed by atoms with Crippen LogP contribution in [0.5, 0.6) is 0 Å². The van der Waals surface area contributed by atoms with Crippen LogP contribution >= 0.6 is 0 Å². The molecule has 7 heteroatoms. The first-order chi connectivity index (χ1) is 12.7. The molecule has 1 aliphatic heterocycles. The molecule has 0 aliphatic carbocycles. The van der Waals surface area contributed by atoms with E-state index in [0.29, 0.717) is 11.4 Å². The molecule has 2 aromatic heterocycles. The first-order valence-electron chi connectivity index (χ1n) is 8.83. The van der Waals surface area contributed by atoms with Gasteiger partial charge in [-0.2, -0.15) is 0 Å². The van der Waals surface area contributed by atoms with E-state index in [9.17, 15) is 4.79 Å². The van der Waals surface area contributed by atoms with Crippen molar-refractivity contribution in [3.05, 3.63) is 53.9 Å².